The minimum absolute atomic E-state index is 0.0425. The first-order chi connectivity index (χ1) is 12.8. The van der Waals surface area contributed by atoms with Crippen molar-refractivity contribution in [1.29, 1.82) is 0 Å². The molecule has 3 nitrogen and oxygen atoms in total. The van der Waals surface area contributed by atoms with Crippen LogP contribution in [-0.2, 0) is 17.5 Å². The first-order valence-electron chi connectivity index (χ1n) is 8.65. The molecule has 1 amide bonds. The molecule has 1 fully saturated rings. The smallest absolute Gasteiger partial charge is 0.372 e. The maximum absolute atomic E-state index is 12.6. The van der Waals surface area contributed by atoms with Gasteiger partial charge in [-0.05, 0) is 48.7 Å². The summed E-state index contributed by atoms with van der Waals surface area (Å²) >= 11 is 3.37. The van der Waals surface area contributed by atoms with Crippen LogP contribution in [0, 0.1) is 0 Å². The first kappa shape index (κ1) is 19.9. The standard InChI is InChI=1S/C20H19BrF3NO2/c21-17-4-1-3-15(11-17)19(26)25-10-2-5-18(12-25)27-13-14-6-8-16(9-7-14)20(22,23)24/h1,3-4,6-9,11,18H,2,5,10,12-13H2/t18-/m1/s1. The monoisotopic (exact) mass is 441 g/mol. The average Bonchev–Trinajstić information content (AvgIpc) is 2.65. The SMILES string of the molecule is O=C(c1cccc(Br)c1)N1CCC[C@@H](OCc2ccc(C(F)(F)F)cc2)C1. The molecule has 2 aromatic carbocycles. The van der Waals surface area contributed by atoms with Crippen LogP contribution in [0.5, 0.6) is 0 Å². The summed E-state index contributed by atoms with van der Waals surface area (Å²) in [7, 11) is 0. The number of rotatable bonds is 4. The molecule has 7 heteroatoms. The van der Waals surface area contributed by atoms with Crippen LogP contribution < -0.4 is 0 Å². The molecule has 1 aliphatic rings. The zero-order valence-corrected chi connectivity index (χ0v) is 16.1. The fourth-order valence-electron chi connectivity index (χ4n) is 3.07. The van der Waals surface area contributed by atoms with Crippen molar-refractivity contribution in [1.82, 2.24) is 4.90 Å². The van der Waals surface area contributed by atoms with Gasteiger partial charge in [0.25, 0.3) is 5.91 Å². The lowest BCUT2D eigenvalue weighted by atomic mass is 10.1. The molecule has 27 heavy (non-hydrogen) atoms. The first-order valence-corrected chi connectivity index (χ1v) is 9.45. The fourth-order valence-corrected chi connectivity index (χ4v) is 3.47. The van der Waals surface area contributed by atoms with Gasteiger partial charge in [-0.3, -0.25) is 4.79 Å². The fraction of sp³-hybridized carbons (Fsp3) is 0.350. The van der Waals surface area contributed by atoms with E-state index in [0.717, 1.165) is 29.4 Å². The number of benzene rings is 2. The summed E-state index contributed by atoms with van der Waals surface area (Å²) in [6, 6.07) is 12.2. The van der Waals surface area contributed by atoms with Gasteiger partial charge in [0.15, 0.2) is 0 Å². The molecule has 1 aliphatic heterocycles. The molecule has 0 aliphatic carbocycles. The Kier molecular flexibility index (Phi) is 6.22. The Morgan fingerprint density at radius 3 is 2.59 bits per heavy atom. The van der Waals surface area contributed by atoms with E-state index in [0.29, 0.717) is 24.2 Å². The van der Waals surface area contributed by atoms with Crippen molar-refractivity contribution in [2.24, 2.45) is 0 Å². The molecule has 0 aromatic heterocycles. The molecule has 1 atom stereocenters. The highest BCUT2D eigenvalue weighted by Gasteiger charge is 2.30. The third-order valence-electron chi connectivity index (χ3n) is 4.50. The Balaban J connectivity index is 1.56. The molecule has 1 heterocycles. The Hall–Kier alpha value is -1.86. The van der Waals surface area contributed by atoms with Crippen LogP contribution in [0.15, 0.2) is 53.0 Å². The topological polar surface area (TPSA) is 29.5 Å². The number of hydrogen-bond donors (Lipinski definition) is 0. The van der Waals surface area contributed by atoms with Gasteiger partial charge in [0.05, 0.1) is 18.3 Å². The van der Waals surface area contributed by atoms with Crippen LogP contribution >= 0.6 is 15.9 Å². The van der Waals surface area contributed by atoms with E-state index in [1.165, 1.54) is 12.1 Å². The quantitative estimate of drug-likeness (QED) is 0.644. The van der Waals surface area contributed by atoms with Gasteiger partial charge in [0.2, 0.25) is 0 Å². The van der Waals surface area contributed by atoms with E-state index in [1.807, 2.05) is 12.1 Å². The Labute approximate surface area is 164 Å². The predicted molar refractivity (Wildman–Crippen MR) is 99.3 cm³/mol. The predicted octanol–water partition coefficient (Wildman–Crippen LogP) is 5.29. The highest BCUT2D eigenvalue weighted by atomic mass is 79.9. The molecule has 0 saturated carbocycles. The molecule has 0 N–H and O–H groups in total. The molecule has 144 valence electrons. The van der Waals surface area contributed by atoms with Crippen molar-refractivity contribution >= 4 is 21.8 Å². The number of amides is 1. The number of likely N-dealkylation sites (tertiary alicyclic amines) is 1. The number of halogens is 4. The lowest BCUT2D eigenvalue weighted by Crippen LogP contribution is -2.43. The zero-order chi connectivity index (χ0) is 19.4. The van der Waals surface area contributed by atoms with Crippen LogP contribution in [0.4, 0.5) is 13.2 Å². The highest BCUT2D eigenvalue weighted by Crippen LogP contribution is 2.29. The van der Waals surface area contributed by atoms with Gasteiger partial charge in [-0.25, -0.2) is 0 Å². The van der Waals surface area contributed by atoms with E-state index in [-0.39, 0.29) is 18.6 Å². The van der Waals surface area contributed by atoms with Gasteiger partial charge < -0.3 is 9.64 Å². The summed E-state index contributed by atoms with van der Waals surface area (Å²) in [5, 5.41) is 0. The second-order valence-electron chi connectivity index (χ2n) is 6.53. The number of piperidine rings is 1. The van der Waals surface area contributed by atoms with Crippen molar-refractivity contribution < 1.29 is 22.7 Å². The van der Waals surface area contributed by atoms with Gasteiger partial charge in [-0.2, -0.15) is 13.2 Å². The van der Waals surface area contributed by atoms with Crippen molar-refractivity contribution in [2.45, 2.75) is 31.7 Å². The lowest BCUT2D eigenvalue weighted by molar-refractivity contribution is -0.137. The van der Waals surface area contributed by atoms with Crippen molar-refractivity contribution in [3.05, 3.63) is 69.7 Å². The molecule has 3 rings (SSSR count). The van der Waals surface area contributed by atoms with Gasteiger partial charge in [0.1, 0.15) is 0 Å². The van der Waals surface area contributed by atoms with E-state index in [2.05, 4.69) is 15.9 Å². The third-order valence-corrected chi connectivity index (χ3v) is 5.00. The second kappa shape index (κ2) is 8.44. The summed E-state index contributed by atoms with van der Waals surface area (Å²) in [5.74, 6) is -0.0425. The minimum Gasteiger partial charge on any atom is -0.372 e. The maximum atomic E-state index is 12.6. The Morgan fingerprint density at radius 1 is 1.19 bits per heavy atom. The van der Waals surface area contributed by atoms with Gasteiger partial charge in [-0.1, -0.05) is 34.1 Å². The zero-order valence-electron chi connectivity index (χ0n) is 14.5. The Bertz CT molecular complexity index is 793. The van der Waals surface area contributed by atoms with Crippen LogP contribution in [0.2, 0.25) is 0 Å². The van der Waals surface area contributed by atoms with Crippen molar-refractivity contribution in [2.75, 3.05) is 13.1 Å². The average molecular weight is 442 g/mol. The van der Waals surface area contributed by atoms with E-state index >= 15 is 0 Å². The van der Waals surface area contributed by atoms with Crippen LogP contribution in [0.3, 0.4) is 0 Å². The van der Waals surface area contributed by atoms with E-state index in [9.17, 15) is 18.0 Å². The number of carbonyl (C=O) groups excluding carboxylic acids is 1. The molecule has 0 bridgehead atoms. The van der Waals surface area contributed by atoms with Crippen LogP contribution in [-0.4, -0.2) is 30.0 Å². The van der Waals surface area contributed by atoms with Crippen molar-refractivity contribution in [3.63, 3.8) is 0 Å². The van der Waals surface area contributed by atoms with E-state index < -0.39 is 11.7 Å². The van der Waals surface area contributed by atoms with E-state index in [4.69, 9.17) is 4.74 Å². The minimum atomic E-state index is -4.34. The van der Waals surface area contributed by atoms with Crippen LogP contribution in [0.25, 0.3) is 0 Å². The number of ether oxygens (including phenoxy) is 1. The number of carbonyl (C=O) groups is 1. The maximum Gasteiger partial charge on any atom is 0.416 e. The number of alkyl halides is 3. The summed E-state index contributed by atoms with van der Waals surface area (Å²) in [6.07, 6.45) is -2.81. The van der Waals surface area contributed by atoms with Gasteiger partial charge in [-0.15, -0.1) is 0 Å². The van der Waals surface area contributed by atoms with Gasteiger partial charge >= 0.3 is 6.18 Å². The summed E-state index contributed by atoms with van der Waals surface area (Å²) in [5.41, 5.74) is 0.626. The molecule has 0 unspecified atom stereocenters. The van der Waals surface area contributed by atoms with Gasteiger partial charge in [0, 0.05) is 23.1 Å². The van der Waals surface area contributed by atoms with E-state index in [1.54, 1.807) is 17.0 Å². The normalized spacial score (nSPS) is 17.8. The highest BCUT2D eigenvalue weighted by molar-refractivity contribution is 9.10. The summed E-state index contributed by atoms with van der Waals surface area (Å²) in [4.78, 5) is 14.4. The van der Waals surface area contributed by atoms with Crippen LogP contribution in [0.1, 0.15) is 34.3 Å². The molecule has 0 spiro atoms. The largest absolute Gasteiger partial charge is 0.416 e. The molecule has 1 saturated heterocycles. The summed E-state index contributed by atoms with van der Waals surface area (Å²) < 4.78 is 44.5. The summed E-state index contributed by atoms with van der Waals surface area (Å²) in [6.45, 7) is 1.37. The van der Waals surface area contributed by atoms with Crippen molar-refractivity contribution in [3.8, 4) is 0 Å². The number of hydrogen-bond acceptors (Lipinski definition) is 2. The molecule has 0 radical (unpaired) electrons. The molecular formula is C20H19BrF3NO2. The third kappa shape index (κ3) is 5.32. The molecule has 2 aromatic rings. The lowest BCUT2D eigenvalue weighted by Gasteiger charge is -2.32. The molecular weight excluding hydrogens is 423 g/mol. The second-order valence-corrected chi connectivity index (χ2v) is 7.45. The number of nitrogens with zero attached hydrogens (tertiary/aromatic N) is 1. The Morgan fingerprint density at radius 2 is 1.93 bits per heavy atom.